The second-order valence-electron chi connectivity index (χ2n) is 2.93. The van der Waals surface area contributed by atoms with Crippen LogP contribution in [0.15, 0.2) is 22.9 Å². The lowest BCUT2D eigenvalue weighted by molar-refractivity contribution is 0.282. The van der Waals surface area contributed by atoms with Gasteiger partial charge in [0.2, 0.25) is 0 Å². The SMILES string of the molecule is CCCCCCCO.c1ccsc1. The van der Waals surface area contributed by atoms with E-state index >= 15 is 0 Å². The molecule has 0 fully saturated rings. The van der Waals surface area contributed by atoms with E-state index in [0.717, 1.165) is 6.42 Å². The molecule has 0 bridgehead atoms. The maximum atomic E-state index is 8.37. The van der Waals surface area contributed by atoms with E-state index in [-0.39, 0.29) is 0 Å². The maximum Gasteiger partial charge on any atom is 0.0431 e. The van der Waals surface area contributed by atoms with Gasteiger partial charge in [0, 0.05) is 6.61 Å². The van der Waals surface area contributed by atoms with Crippen molar-refractivity contribution in [3.05, 3.63) is 22.9 Å². The van der Waals surface area contributed by atoms with Crippen molar-refractivity contribution in [1.29, 1.82) is 0 Å². The first-order valence-electron chi connectivity index (χ1n) is 4.99. The maximum absolute atomic E-state index is 8.37. The molecule has 2 heteroatoms. The first-order chi connectivity index (χ1) is 6.41. The molecule has 0 aliphatic heterocycles. The second-order valence-corrected chi connectivity index (χ2v) is 3.75. The monoisotopic (exact) mass is 200 g/mol. The van der Waals surface area contributed by atoms with Crippen molar-refractivity contribution in [3.8, 4) is 0 Å². The van der Waals surface area contributed by atoms with E-state index in [9.17, 15) is 0 Å². The molecule has 0 saturated carbocycles. The molecular formula is C11H20OS. The fourth-order valence-corrected chi connectivity index (χ4v) is 1.40. The summed E-state index contributed by atoms with van der Waals surface area (Å²) >= 11 is 1.71. The summed E-state index contributed by atoms with van der Waals surface area (Å²) in [5.74, 6) is 0. The Morgan fingerprint density at radius 1 is 1.00 bits per heavy atom. The normalized spacial score (nSPS) is 9.08. The average Bonchev–Trinajstić information content (AvgIpc) is 2.70. The molecule has 0 radical (unpaired) electrons. The van der Waals surface area contributed by atoms with Gasteiger partial charge in [-0.3, -0.25) is 0 Å². The van der Waals surface area contributed by atoms with Crippen LogP contribution in [0, 0.1) is 0 Å². The van der Waals surface area contributed by atoms with Crippen LogP contribution in [0.2, 0.25) is 0 Å². The fraction of sp³-hybridized carbons (Fsp3) is 0.636. The van der Waals surface area contributed by atoms with Crippen LogP contribution in [-0.2, 0) is 0 Å². The third kappa shape index (κ3) is 11.7. The van der Waals surface area contributed by atoms with E-state index < -0.39 is 0 Å². The summed E-state index contributed by atoms with van der Waals surface area (Å²) in [7, 11) is 0. The fourth-order valence-electron chi connectivity index (χ4n) is 0.942. The number of hydrogen-bond acceptors (Lipinski definition) is 2. The second kappa shape index (κ2) is 11.7. The van der Waals surface area contributed by atoms with Gasteiger partial charge in [-0.1, -0.05) is 44.7 Å². The van der Waals surface area contributed by atoms with Crippen LogP contribution >= 0.6 is 11.3 Å². The van der Waals surface area contributed by atoms with Crippen molar-refractivity contribution in [3.63, 3.8) is 0 Å². The molecule has 1 aromatic heterocycles. The zero-order valence-electron chi connectivity index (χ0n) is 8.41. The van der Waals surface area contributed by atoms with Crippen molar-refractivity contribution in [2.45, 2.75) is 39.0 Å². The minimum atomic E-state index is 0.365. The molecular weight excluding hydrogens is 180 g/mol. The molecule has 76 valence electrons. The quantitative estimate of drug-likeness (QED) is 0.719. The number of unbranched alkanes of at least 4 members (excludes halogenated alkanes) is 4. The van der Waals surface area contributed by atoms with Crippen LogP contribution in [0.5, 0.6) is 0 Å². The third-order valence-corrected chi connectivity index (χ3v) is 2.32. The minimum absolute atomic E-state index is 0.365. The molecule has 1 N–H and O–H groups in total. The lowest BCUT2D eigenvalue weighted by atomic mass is 10.2. The van der Waals surface area contributed by atoms with E-state index in [2.05, 4.69) is 6.92 Å². The van der Waals surface area contributed by atoms with Gasteiger partial charge in [-0.05, 0) is 17.2 Å². The Bertz CT molecular complexity index is 126. The van der Waals surface area contributed by atoms with Crippen molar-refractivity contribution in [2.75, 3.05) is 6.61 Å². The molecule has 13 heavy (non-hydrogen) atoms. The molecule has 0 unspecified atom stereocenters. The summed E-state index contributed by atoms with van der Waals surface area (Å²) in [6.45, 7) is 2.56. The van der Waals surface area contributed by atoms with E-state index in [1.165, 1.54) is 25.7 Å². The molecule has 1 heterocycles. The first kappa shape index (κ1) is 12.7. The topological polar surface area (TPSA) is 20.2 Å². The van der Waals surface area contributed by atoms with Gasteiger partial charge in [0.1, 0.15) is 0 Å². The van der Waals surface area contributed by atoms with Gasteiger partial charge in [0.15, 0.2) is 0 Å². The molecule has 0 amide bonds. The van der Waals surface area contributed by atoms with Crippen LogP contribution in [-0.4, -0.2) is 11.7 Å². The number of rotatable bonds is 5. The standard InChI is InChI=1S/C7H16O.C4H4S/c1-2-3-4-5-6-7-8;1-2-4-5-3-1/h8H,2-7H2,1H3;1-4H. The van der Waals surface area contributed by atoms with Crippen LogP contribution in [0.3, 0.4) is 0 Å². The van der Waals surface area contributed by atoms with E-state index in [0.29, 0.717) is 6.61 Å². The molecule has 1 rings (SSSR count). The average molecular weight is 200 g/mol. The van der Waals surface area contributed by atoms with Gasteiger partial charge in [0.25, 0.3) is 0 Å². The number of aliphatic hydroxyl groups is 1. The largest absolute Gasteiger partial charge is 0.396 e. The summed E-state index contributed by atoms with van der Waals surface area (Å²) in [5.41, 5.74) is 0. The summed E-state index contributed by atoms with van der Waals surface area (Å²) in [4.78, 5) is 0. The van der Waals surface area contributed by atoms with Gasteiger partial charge in [-0.25, -0.2) is 0 Å². The Morgan fingerprint density at radius 3 is 2.00 bits per heavy atom. The zero-order chi connectivity index (χ0) is 9.78. The van der Waals surface area contributed by atoms with Crippen molar-refractivity contribution in [2.24, 2.45) is 0 Å². The summed E-state index contributed by atoms with van der Waals surface area (Å²) in [6, 6.07) is 4.04. The van der Waals surface area contributed by atoms with E-state index in [4.69, 9.17) is 5.11 Å². The third-order valence-electron chi connectivity index (χ3n) is 1.69. The van der Waals surface area contributed by atoms with Gasteiger partial charge < -0.3 is 5.11 Å². The summed E-state index contributed by atoms with van der Waals surface area (Å²) < 4.78 is 0. The lowest BCUT2D eigenvalue weighted by Gasteiger charge is -1.93. The molecule has 0 saturated heterocycles. The Labute approximate surface area is 85.4 Å². The summed E-state index contributed by atoms with van der Waals surface area (Å²) in [5, 5.41) is 12.4. The number of thiophene rings is 1. The van der Waals surface area contributed by atoms with E-state index in [1.54, 1.807) is 11.3 Å². The van der Waals surface area contributed by atoms with Crippen molar-refractivity contribution in [1.82, 2.24) is 0 Å². The van der Waals surface area contributed by atoms with Crippen LogP contribution < -0.4 is 0 Å². The van der Waals surface area contributed by atoms with Gasteiger partial charge >= 0.3 is 0 Å². The van der Waals surface area contributed by atoms with Crippen molar-refractivity contribution >= 4 is 11.3 Å². The number of hydrogen-bond donors (Lipinski definition) is 1. The van der Waals surface area contributed by atoms with Gasteiger partial charge in [-0.2, -0.15) is 11.3 Å². The highest BCUT2D eigenvalue weighted by Gasteiger charge is 1.84. The Morgan fingerprint density at radius 2 is 1.62 bits per heavy atom. The highest BCUT2D eigenvalue weighted by Crippen LogP contribution is 2.00. The molecule has 0 aliphatic carbocycles. The lowest BCUT2D eigenvalue weighted by Crippen LogP contribution is -1.81. The Hall–Kier alpha value is -0.340. The highest BCUT2D eigenvalue weighted by molar-refractivity contribution is 7.07. The molecule has 1 aromatic rings. The first-order valence-corrected chi connectivity index (χ1v) is 5.94. The predicted molar refractivity (Wildman–Crippen MR) is 60.2 cm³/mol. The van der Waals surface area contributed by atoms with Crippen LogP contribution in [0.25, 0.3) is 0 Å². The Balaban J connectivity index is 0.000000243. The molecule has 0 aliphatic rings. The van der Waals surface area contributed by atoms with Crippen LogP contribution in [0.1, 0.15) is 39.0 Å². The molecule has 0 aromatic carbocycles. The van der Waals surface area contributed by atoms with E-state index in [1.807, 2.05) is 22.9 Å². The van der Waals surface area contributed by atoms with Crippen molar-refractivity contribution < 1.29 is 5.11 Å². The molecule has 0 atom stereocenters. The molecule has 1 nitrogen and oxygen atoms in total. The Kier molecular flexibility index (Phi) is 11.4. The highest BCUT2D eigenvalue weighted by atomic mass is 32.1. The van der Waals surface area contributed by atoms with Gasteiger partial charge in [-0.15, -0.1) is 0 Å². The zero-order valence-corrected chi connectivity index (χ0v) is 9.22. The van der Waals surface area contributed by atoms with Crippen LogP contribution in [0.4, 0.5) is 0 Å². The predicted octanol–water partition coefficient (Wildman–Crippen LogP) is 3.70. The summed E-state index contributed by atoms with van der Waals surface area (Å²) in [6.07, 6.45) is 6.08. The molecule has 0 spiro atoms. The number of aliphatic hydroxyl groups excluding tert-OH is 1. The smallest absolute Gasteiger partial charge is 0.0431 e. The minimum Gasteiger partial charge on any atom is -0.396 e. The van der Waals surface area contributed by atoms with Gasteiger partial charge in [0.05, 0.1) is 0 Å².